The molecule has 2 aromatic carbocycles. The summed E-state index contributed by atoms with van der Waals surface area (Å²) in [6, 6.07) is 10.7. The first-order chi connectivity index (χ1) is 13.1. The normalized spacial score (nSPS) is 16.6. The van der Waals surface area contributed by atoms with E-state index in [1.165, 1.54) is 6.07 Å². The molecule has 0 fully saturated rings. The van der Waals surface area contributed by atoms with E-state index < -0.39 is 10.0 Å². The van der Waals surface area contributed by atoms with Crippen LogP contribution in [0.2, 0.25) is 0 Å². The number of nitrogens with two attached hydrogens (primary N) is 1. The summed E-state index contributed by atoms with van der Waals surface area (Å²) in [5.41, 5.74) is 5.09. The molecule has 0 saturated carbocycles. The summed E-state index contributed by atoms with van der Waals surface area (Å²) in [6.45, 7) is 6.56. The minimum atomic E-state index is -3.73. The Kier molecular flexibility index (Phi) is 4.32. The summed E-state index contributed by atoms with van der Waals surface area (Å²) in [6.07, 6.45) is 0.718. The highest BCUT2D eigenvalue weighted by Crippen LogP contribution is 2.35. The van der Waals surface area contributed by atoms with Gasteiger partial charge in [0, 0.05) is 29.7 Å². The van der Waals surface area contributed by atoms with Crippen LogP contribution in [0.25, 0.3) is 11.0 Å². The van der Waals surface area contributed by atoms with Crippen LogP contribution in [0.5, 0.6) is 0 Å². The summed E-state index contributed by atoms with van der Waals surface area (Å²) >= 11 is 0. The minimum absolute atomic E-state index is 0.122. The molecule has 1 aromatic heterocycles. The van der Waals surface area contributed by atoms with Gasteiger partial charge in [0.05, 0.1) is 4.90 Å². The lowest BCUT2D eigenvalue weighted by atomic mass is 10.0. The fraction of sp³-hybridized carbons (Fsp3) is 0.286. The molecule has 28 heavy (non-hydrogen) atoms. The van der Waals surface area contributed by atoms with E-state index in [4.69, 9.17) is 9.56 Å². The van der Waals surface area contributed by atoms with Crippen LogP contribution >= 0.6 is 0 Å². The molecule has 0 radical (unpaired) electrons. The maximum atomic E-state index is 12.2. The minimum Gasteiger partial charge on any atom is -0.422 e. The monoisotopic (exact) mass is 398 g/mol. The molecular weight excluding hydrogens is 376 g/mol. The summed E-state index contributed by atoms with van der Waals surface area (Å²) < 4.78 is 28.8. The summed E-state index contributed by atoms with van der Waals surface area (Å²) in [5.74, 6) is 0. The number of fused-ring (bicyclic) bond motifs is 2. The number of primary sulfonamides is 1. The average Bonchev–Trinajstić information content (AvgIpc) is 2.92. The van der Waals surface area contributed by atoms with Crippen molar-refractivity contribution < 1.29 is 12.8 Å². The van der Waals surface area contributed by atoms with E-state index in [0.717, 1.165) is 39.7 Å². The van der Waals surface area contributed by atoms with Crippen LogP contribution in [0.4, 0.5) is 5.69 Å². The van der Waals surface area contributed by atoms with E-state index in [1.807, 2.05) is 26.0 Å². The van der Waals surface area contributed by atoms with Gasteiger partial charge in [-0.2, -0.15) is 0 Å². The number of hydrogen-bond acceptors (Lipinski definition) is 5. The molecule has 1 aliphatic heterocycles. The molecule has 2 N–H and O–H groups in total. The average molecular weight is 398 g/mol. The Morgan fingerprint density at radius 1 is 1.18 bits per heavy atom. The lowest BCUT2D eigenvalue weighted by Gasteiger charge is -2.25. The van der Waals surface area contributed by atoms with E-state index in [2.05, 4.69) is 11.8 Å². The number of hydrogen-bond donors (Lipinski definition) is 1. The van der Waals surface area contributed by atoms with Crippen molar-refractivity contribution in [1.29, 1.82) is 0 Å². The molecule has 1 atom stereocenters. The Bertz CT molecular complexity index is 1260. The summed E-state index contributed by atoms with van der Waals surface area (Å²) in [4.78, 5) is 14.5. The molecule has 0 spiro atoms. The van der Waals surface area contributed by atoms with Gasteiger partial charge in [-0.3, -0.25) is 0 Å². The fourth-order valence-corrected chi connectivity index (χ4v) is 4.49. The van der Waals surface area contributed by atoms with Crippen LogP contribution in [-0.2, 0) is 23.0 Å². The quantitative estimate of drug-likeness (QED) is 0.685. The van der Waals surface area contributed by atoms with Gasteiger partial charge in [0.15, 0.2) is 0 Å². The molecule has 3 aromatic rings. The third-order valence-corrected chi connectivity index (χ3v) is 6.51. The number of benzene rings is 2. The van der Waals surface area contributed by atoms with Crippen LogP contribution in [0.1, 0.15) is 29.2 Å². The zero-order chi connectivity index (χ0) is 20.2. The molecule has 1 aliphatic rings. The van der Waals surface area contributed by atoms with Gasteiger partial charge in [-0.15, -0.1) is 0 Å². The number of aryl methyl sites for hydroxylation is 2. The van der Waals surface area contributed by atoms with Crippen molar-refractivity contribution in [2.75, 3.05) is 4.90 Å². The zero-order valence-corrected chi connectivity index (χ0v) is 16.8. The highest BCUT2D eigenvalue weighted by atomic mass is 32.2. The number of nitrogens with zero attached hydrogens (tertiary/aromatic N) is 1. The number of anilines is 1. The van der Waals surface area contributed by atoms with Crippen molar-refractivity contribution >= 4 is 26.7 Å². The van der Waals surface area contributed by atoms with Crippen molar-refractivity contribution in [3.63, 3.8) is 0 Å². The summed E-state index contributed by atoms with van der Waals surface area (Å²) in [5, 5.41) is 6.18. The molecule has 146 valence electrons. The van der Waals surface area contributed by atoms with Crippen LogP contribution in [-0.4, -0.2) is 14.5 Å². The third kappa shape index (κ3) is 3.10. The van der Waals surface area contributed by atoms with E-state index >= 15 is 0 Å². The second kappa shape index (κ2) is 6.46. The lowest BCUT2D eigenvalue weighted by Crippen LogP contribution is -2.29. The molecular formula is C21H22N2O4S. The third-order valence-electron chi connectivity index (χ3n) is 5.59. The Morgan fingerprint density at radius 3 is 2.64 bits per heavy atom. The van der Waals surface area contributed by atoms with Crippen molar-refractivity contribution in [1.82, 2.24) is 0 Å². The van der Waals surface area contributed by atoms with Crippen LogP contribution in [0.15, 0.2) is 50.5 Å². The second-order valence-corrected chi connectivity index (χ2v) is 9.05. The predicted molar refractivity (Wildman–Crippen MR) is 109 cm³/mol. The number of rotatable bonds is 3. The molecule has 0 bridgehead atoms. The van der Waals surface area contributed by atoms with Gasteiger partial charge in [0.2, 0.25) is 10.0 Å². The predicted octanol–water partition coefficient (Wildman–Crippen LogP) is 3.01. The van der Waals surface area contributed by atoms with Crippen molar-refractivity contribution in [2.45, 2.75) is 44.7 Å². The van der Waals surface area contributed by atoms with Gasteiger partial charge >= 0.3 is 5.63 Å². The molecule has 7 heteroatoms. The van der Waals surface area contributed by atoms with Crippen LogP contribution < -0.4 is 15.7 Å². The topological polar surface area (TPSA) is 93.6 Å². The summed E-state index contributed by atoms with van der Waals surface area (Å²) in [7, 11) is -3.73. The Labute approximate surface area is 163 Å². The van der Waals surface area contributed by atoms with E-state index in [0.29, 0.717) is 12.1 Å². The van der Waals surface area contributed by atoms with Gasteiger partial charge in [-0.05, 0) is 67.6 Å². The van der Waals surface area contributed by atoms with E-state index in [-0.39, 0.29) is 16.6 Å². The highest BCUT2D eigenvalue weighted by Gasteiger charge is 2.28. The zero-order valence-electron chi connectivity index (χ0n) is 16.0. The van der Waals surface area contributed by atoms with Crippen molar-refractivity contribution in [3.05, 3.63) is 69.1 Å². The van der Waals surface area contributed by atoms with E-state index in [9.17, 15) is 13.2 Å². The maximum absolute atomic E-state index is 12.2. The van der Waals surface area contributed by atoms with E-state index in [1.54, 1.807) is 18.2 Å². The molecule has 0 aliphatic carbocycles. The molecule has 2 heterocycles. The SMILES string of the molecule is Cc1ccc2c(CN3c4ccc(S(N)(=O)=O)cc4C[C@H]3C)cc(=O)oc2c1C. The Balaban J connectivity index is 1.79. The largest absolute Gasteiger partial charge is 0.422 e. The van der Waals surface area contributed by atoms with Gasteiger partial charge in [0.1, 0.15) is 5.58 Å². The molecule has 4 rings (SSSR count). The van der Waals surface area contributed by atoms with Crippen LogP contribution in [0, 0.1) is 13.8 Å². The van der Waals surface area contributed by atoms with Crippen molar-refractivity contribution in [2.24, 2.45) is 5.14 Å². The molecule has 0 unspecified atom stereocenters. The maximum Gasteiger partial charge on any atom is 0.336 e. The highest BCUT2D eigenvalue weighted by molar-refractivity contribution is 7.89. The van der Waals surface area contributed by atoms with Gasteiger partial charge in [-0.25, -0.2) is 18.4 Å². The Hall–Kier alpha value is -2.64. The second-order valence-electron chi connectivity index (χ2n) is 7.49. The lowest BCUT2D eigenvalue weighted by molar-refractivity contribution is 0.555. The first-order valence-corrected chi connectivity index (χ1v) is 10.6. The van der Waals surface area contributed by atoms with Crippen LogP contribution in [0.3, 0.4) is 0 Å². The molecule has 0 amide bonds. The van der Waals surface area contributed by atoms with Crippen molar-refractivity contribution in [3.8, 4) is 0 Å². The smallest absolute Gasteiger partial charge is 0.336 e. The number of sulfonamides is 1. The first kappa shape index (κ1) is 18.7. The standard InChI is InChI=1S/C21H22N2O4S/c1-12-4-6-18-16(10-20(24)27-21(18)14(12)3)11-23-13(2)8-15-9-17(28(22,25)26)5-7-19(15)23/h4-7,9-10,13H,8,11H2,1-3H3,(H2,22,25,26)/t13-/m1/s1. The fourth-order valence-electron chi connectivity index (χ4n) is 3.93. The Morgan fingerprint density at radius 2 is 1.93 bits per heavy atom. The molecule has 0 saturated heterocycles. The first-order valence-electron chi connectivity index (χ1n) is 9.10. The van der Waals surface area contributed by atoms with Gasteiger partial charge in [0.25, 0.3) is 0 Å². The van der Waals surface area contributed by atoms with Gasteiger partial charge < -0.3 is 9.32 Å². The molecule has 6 nitrogen and oxygen atoms in total. The van der Waals surface area contributed by atoms with Gasteiger partial charge in [-0.1, -0.05) is 12.1 Å².